The Labute approximate surface area is 315 Å². The number of nitrogens with zero attached hydrogens (tertiary/aromatic N) is 6. The van der Waals surface area contributed by atoms with Crippen molar-refractivity contribution in [2.24, 2.45) is 0 Å². The fraction of sp³-hybridized carbons (Fsp3) is 0.343. The van der Waals surface area contributed by atoms with Gasteiger partial charge in [-0.25, -0.2) is 35.4 Å². The van der Waals surface area contributed by atoms with Gasteiger partial charge in [0.25, 0.3) is 12.3 Å². The van der Waals surface area contributed by atoms with Gasteiger partial charge in [0.1, 0.15) is 46.0 Å². The fourth-order valence-electron chi connectivity index (χ4n) is 6.44. The number of amides is 1. The normalized spacial score (nSPS) is 15.8. The van der Waals surface area contributed by atoms with Crippen LogP contribution >= 0.6 is 11.6 Å². The van der Waals surface area contributed by atoms with Crippen molar-refractivity contribution >= 4 is 39.1 Å². The van der Waals surface area contributed by atoms with E-state index in [9.17, 15) is 35.9 Å². The van der Waals surface area contributed by atoms with Crippen molar-refractivity contribution in [1.29, 1.82) is 0 Å². The van der Waals surface area contributed by atoms with Crippen LogP contribution in [0.15, 0.2) is 42.5 Å². The van der Waals surface area contributed by atoms with Crippen molar-refractivity contribution in [1.82, 2.24) is 34.7 Å². The van der Waals surface area contributed by atoms with E-state index in [1.807, 2.05) is 0 Å². The molecular formula is C35H31ClF6N8O4S. The maximum absolute atomic E-state index is 15.1. The van der Waals surface area contributed by atoms with E-state index in [0.29, 0.717) is 10.7 Å². The summed E-state index contributed by atoms with van der Waals surface area (Å²) in [7, 11) is -3.86. The molecule has 0 radical (unpaired) electrons. The van der Waals surface area contributed by atoms with Crippen LogP contribution in [-0.2, 0) is 33.7 Å². The van der Waals surface area contributed by atoms with Crippen molar-refractivity contribution < 1.29 is 44.7 Å². The lowest BCUT2D eigenvalue weighted by Gasteiger charge is -2.23. The molecule has 0 bridgehead atoms. The van der Waals surface area contributed by atoms with Gasteiger partial charge in [0.15, 0.2) is 5.65 Å². The van der Waals surface area contributed by atoms with Gasteiger partial charge in [-0.15, -0.1) is 10.2 Å². The molecular weight excluding hydrogens is 778 g/mol. The first-order valence-electron chi connectivity index (χ1n) is 16.4. The van der Waals surface area contributed by atoms with E-state index in [0.717, 1.165) is 18.4 Å². The smallest absolute Gasteiger partial charge is 0.290 e. The van der Waals surface area contributed by atoms with Crippen molar-refractivity contribution in [3.8, 4) is 23.0 Å². The number of sulfonamides is 1. The highest BCUT2D eigenvalue weighted by atomic mass is 35.5. The molecule has 290 valence electrons. The molecule has 55 heavy (non-hydrogen) atoms. The Bertz CT molecular complexity index is 2490. The van der Waals surface area contributed by atoms with Gasteiger partial charge in [-0.3, -0.25) is 14.2 Å². The summed E-state index contributed by atoms with van der Waals surface area (Å²) in [5.74, 6) is -2.38. The third-order valence-corrected chi connectivity index (χ3v) is 9.29. The molecule has 3 N–H and O–H groups in total. The average Bonchev–Trinajstić information content (AvgIpc) is 3.71. The number of hydrogen-bond acceptors (Lipinski definition) is 8. The quantitative estimate of drug-likeness (QED) is 0.0876. The van der Waals surface area contributed by atoms with Crippen LogP contribution in [-0.4, -0.2) is 60.7 Å². The fourth-order valence-corrected chi connectivity index (χ4v) is 7.13. The second-order valence-electron chi connectivity index (χ2n) is 13.6. The number of pyridine rings is 2. The van der Waals surface area contributed by atoms with Crippen molar-refractivity contribution in [2.45, 2.75) is 70.1 Å². The summed E-state index contributed by atoms with van der Waals surface area (Å²) < 4.78 is 115. The number of alkyl halides is 4. The number of benzene rings is 1. The molecule has 1 amide bonds. The molecule has 20 heteroatoms. The van der Waals surface area contributed by atoms with Crippen LogP contribution in [0, 0.1) is 23.5 Å². The monoisotopic (exact) mass is 808 g/mol. The number of aliphatic hydroxyl groups is 1. The first-order chi connectivity index (χ1) is 25.6. The summed E-state index contributed by atoms with van der Waals surface area (Å²) in [6, 6.07) is 7.12. The minimum atomic E-state index is -3.86. The third-order valence-electron chi connectivity index (χ3n) is 8.44. The maximum Gasteiger partial charge on any atom is 0.290 e. The lowest BCUT2D eigenvalue weighted by atomic mass is 9.95. The van der Waals surface area contributed by atoms with E-state index in [1.165, 1.54) is 49.4 Å². The van der Waals surface area contributed by atoms with Gasteiger partial charge < -0.3 is 10.4 Å². The third kappa shape index (κ3) is 8.56. The number of halogens is 7. The van der Waals surface area contributed by atoms with Gasteiger partial charge >= 0.3 is 0 Å². The average molecular weight is 809 g/mol. The van der Waals surface area contributed by atoms with Gasteiger partial charge in [-0.05, 0) is 74.1 Å². The molecule has 1 aromatic carbocycles. The molecule has 0 saturated heterocycles. The summed E-state index contributed by atoms with van der Waals surface area (Å²) in [6.07, 6.45) is -3.45. The summed E-state index contributed by atoms with van der Waals surface area (Å²) >= 11 is 6.43. The highest BCUT2D eigenvalue weighted by molar-refractivity contribution is 7.92. The first kappa shape index (κ1) is 39.5. The van der Waals surface area contributed by atoms with E-state index in [4.69, 9.17) is 11.6 Å². The second kappa shape index (κ2) is 14.5. The minimum absolute atomic E-state index is 0.00175. The highest BCUT2D eigenvalue weighted by Crippen LogP contribution is 2.51. The summed E-state index contributed by atoms with van der Waals surface area (Å²) in [5.41, 5.74) is -3.04. The predicted octanol–water partition coefficient (Wildman–Crippen LogP) is 6.05. The molecule has 6 rings (SSSR count). The van der Waals surface area contributed by atoms with Gasteiger partial charge in [0, 0.05) is 29.2 Å². The molecule has 4 heterocycles. The van der Waals surface area contributed by atoms with E-state index in [2.05, 4.69) is 42.2 Å². The lowest BCUT2D eigenvalue weighted by molar-refractivity contribution is -0.122. The Morgan fingerprint density at radius 3 is 2.40 bits per heavy atom. The first-order valence-corrected chi connectivity index (χ1v) is 18.7. The molecule has 0 fully saturated rings. The molecule has 0 aliphatic heterocycles. The number of nitrogens with one attached hydrogen (secondary N) is 2. The number of anilines is 1. The van der Waals surface area contributed by atoms with E-state index in [1.54, 1.807) is 0 Å². The summed E-state index contributed by atoms with van der Waals surface area (Å²) in [5, 5.41) is 24.6. The number of hydrogen-bond donors (Lipinski definition) is 3. The van der Waals surface area contributed by atoms with Crippen LogP contribution in [0.5, 0.6) is 0 Å². The lowest BCUT2D eigenvalue weighted by Crippen LogP contribution is -2.35. The predicted molar refractivity (Wildman–Crippen MR) is 188 cm³/mol. The Kier molecular flexibility index (Phi) is 10.4. The highest BCUT2D eigenvalue weighted by Gasteiger charge is 2.50. The number of fused-ring (bicyclic) bond motifs is 2. The SMILES string of the molecule is C[C@H]1CC(F)(F)c2c1c(C(F)F)nn2CC(=O)N[C@@H](Cc1cc(F)cc(F)c1)c1nc(C#CC(C)(C)O)ccc1-c1ccc(Cl)n2c(NS(C)(=O)=O)nnc12. The van der Waals surface area contributed by atoms with Crippen LogP contribution in [0.4, 0.5) is 32.3 Å². The number of carbonyl (C=O) groups excluding carboxylic acids is 1. The minimum Gasteiger partial charge on any atom is -0.378 e. The number of carbonyl (C=O) groups is 1. The number of aromatic nitrogens is 6. The van der Waals surface area contributed by atoms with Crippen molar-refractivity contribution in [2.75, 3.05) is 11.0 Å². The molecule has 0 spiro atoms. The van der Waals surface area contributed by atoms with Gasteiger partial charge in [0.2, 0.25) is 21.9 Å². The van der Waals surface area contributed by atoms with E-state index < -0.39 is 81.8 Å². The van der Waals surface area contributed by atoms with E-state index >= 15 is 8.78 Å². The summed E-state index contributed by atoms with van der Waals surface area (Å²) in [6.45, 7) is 3.25. The van der Waals surface area contributed by atoms with Gasteiger partial charge in [-0.2, -0.15) is 13.9 Å². The molecule has 1 aliphatic carbocycles. The molecule has 4 aromatic heterocycles. The Hall–Kier alpha value is -5.19. The van der Waals surface area contributed by atoms with Gasteiger partial charge in [-0.1, -0.05) is 24.4 Å². The standard InChI is InChI=1S/C35H31ClF6N8O4S/c1-17-15-35(41,42)30-27(17)29(31(39)40)47-49(30)16-26(51)44-24(13-18-11-19(37)14-20(38)12-18)28-22(6-5-21(43-28)9-10-34(2,3)52)23-7-8-25(36)50-32(23)45-46-33(50)48-55(4,53)54/h5-8,11-12,14,17,24,31,52H,13,15-16H2,1-4H3,(H,44,51)(H,46,48)/t17-,24-/m0/s1. The zero-order valence-electron chi connectivity index (χ0n) is 29.3. The largest absolute Gasteiger partial charge is 0.378 e. The molecule has 0 unspecified atom stereocenters. The van der Waals surface area contributed by atoms with Gasteiger partial charge in [0.05, 0.1) is 18.0 Å². The molecule has 5 aromatic rings. The summed E-state index contributed by atoms with van der Waals surface area (Å²) in [4.78, 5) is 18.5. The zero-order valence-corrected chi connectivity index (χ0v) is 30.9. The topological polar surface area (TPSA) is 156 Å². The van der Waals surface area contributed by atoms with Crippen molar-refractivity contribution in [3.05, 3.63) is 93.2 Å². The Morgan fingerprint density at radius 1 is 1.09 bits per heavy atom. The molecule has 2 atom stereocenters. The molecule has 0 saturated carbocycles. The van der Waals surface area contributed by atoms with Crippen LogP contribution < -0.4 is 10.0 Å². The maximum atomic E-state index is 15.1. The van der Waals surface area contributed by atoms with Crippen LogP contribution in [0.1, 0.15) is 79.5 Å². The van der Waals surface area contributed by atoms with Crippen LogP contribution in [0.2, 0.25) is 5.15 Å². The van der Waals surface area contributed by atoms with E-state index in [-0.39, 0.29) is 56.8 Å². The zero-order chi connectivity index (χ0) is 40.2. The Morgan fingerprint density at radius 2 is 1.76 bits per heavy atom. The Balaban J connectivity index is 1.52. The molecule has 12 nitrogen and oxygen atoms in total. The number of rotatable bonds is 10. The van der Waals surface area contributed by atoms with Crippen LogP contribution in [0.3, 0.4) is 0 Å². The van der Waals surface area contributed by atoms with Crippen LogP contribution in [0.25, 0.3) is 16.8 Å². The molecule has 1 aliphatic rings. The second-order valence-corrected chi connectivity index (χ2v) is 15.7. The van der Waals surface area contributed by atoms with Crippen molar-refractivity contribution in [3.63, 3.8) is 0 Å².